The van der Waals surface area contributed by atoms with Gasteiger partial charge in [-0.1, -0.05) is 28.1 Å². The van der Waals surface area contributed by atoms with Crippen LogP contribution in [0, 0.1) is 5.82 Å². The molecular formula is C16H12BrF4N3O. The number of hydrogen-bond acceptors (Lipinski definition) is 2. The van der Waals surface area contributed by atoms with Crippen LogP contribution in [-0.2, 0) is 11.2 Å². The lowest BCUT2D eigenvalue weighted by Gasteiger charge is -2.11. The topological polar surface area (TPSA) is 81.5 Å². The number of halogens is 5. The average Bonchev–Trinajstić information content (AvgIpc) is 2.49. The molecule has 2 aromatic carbocycles. The van der Waals surface area contributed by atoms with Crippen LogP contribution in [0.3, 0.4) is 0 Å². The lowest BCUT2D eigenvalue weighted by atomic mass is 10.0. The number of nitrogens with zero attached hydrogens (tertiary/aromatic N) is 1. The van der Waals surface area contributed by atoms with Crippen molar-refractivity contribution >= 4 is 33.4 Å². The van der Waals surface area contributed by atoms with E-state index >= 15 is 0 Å². The van der Waals surface area contributed by atoms with Gasteiger partial charge in [-0.15, -0.1) is 0 Å². The highest BCUT2D eigenvalue weighted by Gasteiger charge is 2.38. The van der Waals surface area contributed by atoms with Crippen LogP contribution in [0.5, 0.6) is 0 Å². The number of alkyl halides is 3. The SMILES string of the molecule is NC(=NC(=O)C(F)(F)F)c1cc(Cc2cccc(F)c2)c(Br)cc1N. The minimum absolute atomic E-state index is 0.00722. The number of aliphatic imine (C=N–C) groups is 1. The van der Waals surface area contributed by atoms with E-state index in [1.54, 1.807) is 6.07 Å². The lowest BCUT2D eigenvalue weighted by Crippen LogP contribution is -2.25. The number of anilines is 1. The van der Waals surface area contributed by atoms with Crippen molar-refractivity contribution in [1.29, 1.82) is 0 Å². The Bertz CT molecular complexity index is 850. The van der Waals surface area contributed by atoms with Gasteiger partial charge in [-0.3, -0.25) is 4.79 Å². The molecule has 9 heteroatoms. The summed E-state index contributed by atoms with van der Waals surface area (Å²) < 4.78 is 50.8. The first kappa shape index (κ1) is 18.9. The minimum Gasteiger partial charge on any atom is -0.398 e. The molecule has 2 aromatic rings. The Kier molecular flexibility index (Phi) is 5.46. The third kappa shape index (κ3) is 4.79. The Balaban J connectivity index is 2.40. The standard InChI is InChI=1S/C16H12BrF4N3O/c17-12-7-13(22)11(14(23)24-15(25)16(19,20)21)6-9(12)4-8-2-1-3-10(18)5-8/h1-3,5-7H,4,22H2,(H2,23,24,25). The van der Waals surface area contributed by atoms with Gasteiger partial charge >= 0.3 is 12.1 Å². The fourth-order valence-electron chi connectivity index (χ4n) is 2.09. The highest BCUT2D eigenvalue weighted by Crippen LogP contribution is 2.27. The Hall–Kier alpha value is -2.42. The molecule has 0 heterocycles. The number of rotatable bonds is 3. The summed E-state index contributed by atoms with van der Waals surface area (Å²) in [6, 6.07) is 8.69. The van der Waals surface area contributed by atoms with E-state index in [9.17, 15) is 22.4 Å². The largest absolute Gasteiger partial charge is 0.473 e. The third-order valence-corrected chi connectivity index (χ3v) is 3.98. The first-order valence-corrected chi connectivity index (χ1v) is 7.65. The summed E-state index contributed by atoms with van der Waals surface area (Å²) in [4.78, 5) is 13.8. The molecule has 0 aliphatic rings. The van der Waals surface area contributed by atoms with Crippen LogP contribution in [0.15, 0.2) is 45.9 Å². The molecule has 0 unspecified atom stereocenters. The maximum absolute atomic E-state index is 13.3. The van der Waals surface area contributed by atoms with Gasteiger partial charge in [0, 0.05) is 15.7 Å². The Morgan fingerprint density at radius 2 is 1.88 bits per heavy atom. The summed E-state index contributed by atoms with van der Waals surface area (Å²) >= 11 is 3.29. The number of carbonyl (C=O) groups excluding carboxylic acids is 1. The molecule has 25 heavy (non-hydrogen) atoms. The van der Waals surface area contributed by atoms with Gasteiger partial charge in [0.2, 0.25) is 0 Å². The average molecular weight is 418 g/mol. The third-order valence-electron chi connectivity index (χ3n) is 3.24. The van der Waals surface area contributed by atoms with E-state index in [0.717, 1.165) is 0 Å². The molecule has 0 fully saturated rings. The first-order chi connectivity index (χ1) is 11.6. The zero-order valence-electron chi connectivity index (χ0n) is 12.6. The zero-order chi connectivity index (χ0) is 18.8. The van der Waals surface area contributed by atoms with Crippen molar-refractivity contribution < 1.29 is 22.4 Å². The van der Waals surface area contributed by atoms with Crippen molar-refractivity contribution in [2.24, 2.45) is 10.7 Å². The highest BCUT2D eigenvalue weighted by atomic mass is 79.9. The van der Waals surface area contributed by atoms with Crippen molar-refractivity contribution in [2.75, 3.05) is 5.73 Å². The second-order valence-corrected chi connectivity index (χ2v) is 5.99. The second kappa shape index (κ2) is 7.22. The van der Waals surface area contributed by atoms with Crippen molar-refractivity contribution in [2.45, 2.75) is 12.6 Å². The molecule has 0 atom stereocenters. The molecule has 1 amide bonds. The summed E-state index contributed by atoms with van der Waals surface area (Å²) in [6.45, 7) is 0. The van der Waals surface area contributed by atoms with Gasteiger partial charge in [0.25, 0.3) is 0 Å². The molecule has 4 nitrogen and oxygen atoms in total. The van der Waals surface area contributed by atoms with Crippen molar-refractivity contribution in [3.8, 4) is 0 Å². The van der Waals surface area contributed by atoms with Gasteiger partial charge < -0.3 is 11.5 Å². The van der Waals surface area contributed by atoms with Crippen molar-refractivity contribution in [3.63, 3.8) is 0 Å². The molecule has 0 saturated heterocycles. The molecule has 2 rings (SSSR count). The van der Waals surface area contributed by atoms with Crippen LogP contribution >= 0.6 is 15.9 Å². The highest BCUT2D eigenvalue weighted by molar-refractivity contribution is 9.10. The van der Waals surface area contributed by atoms with Crippen LogP contribution in [0.4, 0.5) is 23.2 Å². The van der Waals surface area contributed by atoms with Crippen LogP contribution in [0.1, 0.15) is 16.7 Å². The summed E-state index contributed by atoms with van der Waals surface area (Å²) in [7, 11) is 0. The number of hydrogen-bond donors (Lipinski definition) is 2. The predicted molar refractivity (Wildman–Crippen MR) is 89.5 cm³/mol. The van der Waals surface area contributed by atoms with E-state index in [1.165, 1.54) is 30.3 Å². The number of benzene rings is 2. The smallest absolute Gasteiger partial charge is 0.398 e. The van der Waals surface area contributed by atoms with E-state index in [4.69, 9.17) is 11.5 Å². The molecule has 0 aliphatic carbocycles. The monoisotopic (exact) mass is 417 g/mol. The number of nitrogen functional groups attached to an aromatic ring is 1. The molecule has 0 aliphatic heterocycles. The van der Waals surface area contributed by atoms with E-state index < -0.39 is 23.7 Å². The summed E-state index contributed by atoms with van der Waals surface area (Å²) in [5, 5.41) is 0. The fraction of sp³-hybridized carbons (Fsp3) is 0.125. The molecule has 0 spiro atoms. The van der Waals surface area contributed by atoms with Gasteiger partial charge in [-0.05, 0) is 41.8 Å². The zero-order valence-corrected chi connectivity index (χ0v) is 14.2. The Labute approximate surface area is 148 Å². The number of carbonyl (C=O) groups is 1. The molecular weight excluding hydrogens is 406 g/mol. The van der Waals surface area contributed by atoms with E-state index in [0.29, 0.717) is 15.6 Å². The van der Waals surface area contributed by atoms with Crippen LogP contribution in [0.2, 0.25) is 0 Å². The van der Waals surface area contributed by atoms with Gasteiger partial charge in [-0.2, -0.15) is 18.2 Å². The maximum Gasteiger partial charge on any atom is 0.473 e. The van der Waals surface area contributed by atoms with Gasteiger partial charge in [0.1, 0.15) is 11.7 Å². The second-order valence-electron chi connectivity index (χ2n) is 5.14. The molecule has 4 N–H and O–H groups in total. The minimum atomic E-state index is -5.13. The Morgan fingerprint density at radius 3 is 2.48 bits per heavy atom. The Morgan fingerprint density at radius 1 is 1.20 bits per heavy atom. The van der Waals surface area contributed by atoms with Gasteiger partial charge in [-0.25, -0.2) is 4.39 Å². The quantitative estimate of drug-likeness (QED) is 0.346. The molecule has 0 saturated carbocycles. The summed E-state index contributed by atoms with van der Waals surface area (Å²) in [5.41, 5.74) is 12.5. The van der Waals surface area contributed by atoms with E-state index in [1.807, 2.05) is 0 Å². The first-order valence-electron chi connectivity index (χ1n) is 6.86. The molecule has 0 aromatic heterocycles. The van der Waals surface area contributed by atoms with Gasteiger partial charge in [0.05, 0.1) is 0 Å². The van der Waals surface area contributed by atoms with Crippen LogP contribution < -0.4 is 11.5 Å². The van der Waals surface area contributed by atoms with E-state index in [2.05, 4.69) is 20.9 Å². The summed E-state index contributed by atoms with van der Waals surface area (Å²) in [5.74, 6) is -3.38. The van der Waals surface area contributed by atoms with Crippen LogP contribution in [0.25, 0.3) is 0 Å². The maximum atomic E-state index is 13.3. The van der Waals surface area contributed by atoms with Crippen LogP contribution in [-0.4, -0.2) is 17.9 Å². The fourth-order valence-corrected chi connectivity index (χ4v) is 2.59. The van der Waals surface area contributed by atoms with Crippen molar-refractivity contribution in [3.05, 3.63) is 63.4 Å². The lowest BCUT2D eigenvalue weighted by molar-refractivity contribution is -0.169. The van der Waals surface area contributed by atoms with E-state index in [-0.39, 0.29) is 17.7 Å². The number of amidine groups is 1. The van der Waals surface area contributed by atoms with Gasteiger partial charge in [0.15, 0.2) is 0 Å². The number of amides is 1. The van der Waals surface area contributed by atoms with Crippen molar-refractivity contribution in [1.82, 2.24) is 0 Å². The number of nitrogens with two attached hydrogens (primary N) is 2. The molecule has 0 radical (unpaired) electrons. The predicted octanol–water partition coefficient (Wildman–Crippen LogP) is 3.56. The molecule has 132 valence electrons. The normalized spacial score (nSPS) is 12.3. The summed E-state index contributed by atoms with van der Waals surface area (Å²) in [6.07, 6.45) is -4.86. The molecule has 0 bridgehead atoms.